The van der Waals surface area contributed by atoms with Crippen LogP contribution < -0.4 is 0 Å². The van der Waals surface area contributed by atoms with Crippen LogP contribution in [0.3, 0.4) is 0 Å². The lowest BCUT2D eigenvalue weighted by Gasteiger charge is -2.22. The summed E-state index contributed by atoms with van der Waals surface area (Å²) in [6.07, 6.45) is 3.57. The molecule has 0 aliphatic heterocycles. The van der Waals surface area contributed by atoms with Crippen molar-refractivity contribution in [1.82, 2.24) is 9.29 Å². The molecule has 3 aromatic rings. The number of hydrogen-bond donors (Lipinski definition) is 0. The van der Waals surface area contributed by atoms with Gasteiger partial charge in [-0.3, -0.25) is 4.98 Å². The first-order valence-electron chi connectivity index (χ1n) is 8.66. The molecular formula is C21H21FN2O2S. The van der Waals surface area contributed by atoms with Crippen LogP contribution >= 0.6 is 0 Å². The van der Waals surface area contributed by atoms with Crippen molar-refractivity contribution < 1.29 is 12.8 Å². The summed E-state index contributed by atoms with van der Waals surface area (Å²) in [5, 5.41) is 0. The molecule has 27 heavy (non-hydrogen) atoms. The van der Waals surface area contributed by atoms with E-state index in [2.05, 4.69) is 4.98 Å². The first kappa shape index (κ1) is 19.2. The Morgan fingerprint density at radius 1 is 1.00 bits per heavy atom. The highest BCUT2D eigenvalue weighted by atomic mass is 32.2. The highest BCUT2D eigenvalue weighted by Gasteiger charge is 2.24. The third-order valence-electron chi connectivity index (χ3n) is 4.33. The van der Waals surface area contributed by atoms with E-state index < -0.39 is 10.0 Å². The van der Waals surface area contributed by atoms with Crippen LogP contribution in [-0.2, 0) is 23.0 Å². The molecule has 140 valence electrons. The monoisotopic (exact) mass is 384 g/mol. The van der Waals surface area contributed by atoms with Crippen molar-refractivity contribution in [3.8, 4) is 0 Å². The van der Waals surface area contributed by atoms with E-state index in [1.54, 1.807) is 60.9 Å². The van der Waals surface area contributed by atoms with Gasteiger partial charge in [0, 0.05) is 25.5 Å². The SMILES string of the molecule is Cc1ccc(S(=O)(=O)N(CCc2ccccc2F)Cc2cccnc2)cc1. The van der Waals surface area contributed by atoms with Crippen LogP contribution in [0.2, 0.25) is 0 Å². The van der Waals surface area contributed by atoms with Crippen molar-refractivity contribution in [3.63, 3.8) is 0 Å². The quantitative estimate of drug-likeness (QED) is 0.619. The maximum Gasteiger partial charge on any atom is 0.243 e. The van der Waals surface area contributed by atoms with Gasteiger partial charge < -0.3 is 0 Å². The van der Waals surface area contributed by atoms with Gasteiger partial charge in [-0.1, -0.05) is 42.0 Å². The molecule has 0 N–H and O–H groups in total. The largest absolute Gasteiger partial charge is 0.264 e. The van der Waals surface area contributed by atoms with Crippen LogP contribution in [0.4, 0.5) is 4.39 Å². The molecule has 0 saturated heterocycles. The van der Waals surface area contributed by atoms with Gasteiger partial charge in [0.25, 0.3) is 0 Å². The summed E-state index contributed by atoms with van der Waals surface area (Å²) in [5.74, 6) is -0.327. The molecule has 0 atom stereocenters. The van der Waals surface area contributed by atoms with Crippen LogP contribution in [0.25, 0.3) is 0 Å². The van der Waals surface area contributed by atoms with E-state index in [0.717, 1.165) is 11.1 Å². The van der Waals surface area contributed by atoms with Crippen molar-refractivity contribution >= 4 is 10.0 Å². The lowest BCUT2D eigenvalue weighted by Crippen LogP contribution is -2.32. The Kier molecular flexibility index (Phi) is 5.98. The third kappa shape index (κ3) is 4.78. The average Bonchev–Trinajstić information content (AvgIpc) is 2.67. The molecule has 1 heterocycles. The molecule has 0 amide bonds. The predicted molar refractivity (Wildman–Crippen MR) is 103 cm³/mol. The smallest absolute Gasteiger partial charge is 0.243 e. The molecule has 3 rings (SSSR count). The van der Waals surface area contributed by atoms with E-state index in [4.69, 9.17) is 0 Å². The maximum atomic E-state index is 14.0. The number of pyridine rings is 1. The van der Waals surface area contributed by atoms with Gasteiger partial charge in [-0.2, -0.15) is 4.31 Å². The zero-order chi connectivity index (χ0) is 19.3. The van der Waals surface area contributed by atoms with E-state index in [1.807, 2.05) is 13.0 Å². The second kappa shape index (κ2) is 8.41. The third-order valence-corrected chi connectivity index (χ3v) is 6.19. The summed E-state index contributed by atoms with van der Waals surface area (Å²) in [4.78, 5) is 4.28. The topological polar surface area (TPSA) is 50.3 Å². The number of aryl methyl sites for hydroxylation is 1. The molecule has 2 aromatic carbocycles. The number of rotatable bonds is 7. The number of nitrogens with zero attached hydrogens (tertiary/aromatic N) is 2. The fraction of sp³-hybridized carbons (Fsp3) is 0.190. The molecule has 1 aromatic heterocycles. The van der Waals surface area contributed by atoms with Crippen LogP contribution in [0.5, 0.6) is 0 Å². The normalized spacial score (nSPS) is 11.7. The van der Waals surface area contributed by atoms with Gasteiger partial charge in [0.05, 0.1) is 4.90 Å². The number of halogens is 1. The van der Waals surface area contributed by atoms with Gasteiger partial charge in [0.1, 0.15) is 5.82 Å². The number of sulfonamides is 1. The van der Waals surface area contributed by atoms with Crippen molar-refractivity contribution in [1.29, 1.82) is 0 Å². The summed E-state index contributed by atoms with van der Waals surface area (Å²) in [7, 11) is -3.72. The lowest BCUT2D eigenvalue weighted by molar-refractivity contribution is 0.406. The van der Waals surface area contributed by atoms with Crippen molar-refractivity contribution in [3.05, 3.63) is 95.6 Å². The Morgan fingerprint density at radius 3 is 2.41 bits per heavy atom. The van der Waals surface area contributed by atoms with Gasteiger partial charge in [-0.15, -0.1) is 0 Å². The van der Waals surface area contributed by atoms with Gasteiger partial charge >= 0.3 is 0 Å². The summed E-state index contributed by atoms with van der Waals surface area (Å²) < 4.78 is 41.7. The number of benzene rings is 2. The summed E-state index contributed by atoms with van der Waals surface area (Å²) in [6.45, 7) is 2.26. The van der Waals surface area contributed by atoms with Crippen molar-refractivity contribution in [2.75, 3.05) is 6.54 Å². The maximum absolute atomic E-state index is 14.0. The second-order valence-electron chi connectivity index (χ2n) is 6.35. The zero-order valence-corrected chi connectivity index (χ0v) is 15.9. The minimum atomic E-state index is -3.72. The van der Waals surface area contributed by atoms with Gasteiger partial charge in [-0.05, 0) is 48.7 Å². The van der Waals surface area contributed by atoms with Crippen molar-refractivity contribution in [2.45, 2.75) is 24.8 Å². The molecule has 0 radical (unpaired) electrons. The average molecular weight is 384 g/mol. The van der Waals surface area contributed by atoms with E-state index in [1.165, 1.54) is 10.4 Å². The van der Waals surface area contributed by atoms with E-state index in [-0.39, 0.29) is 30.2 Å². The summed E-state index contributed by atoms with van der Waals surface area (Å²) in [5.41, 5.74) is 2.26. The molecule has 0 aliphatic carbocycles. The molecule has 0 saturated carbocycles. The highest BCUT2D eigenvalue weighted by molar-refractivity contribution is 7.89. The van der Waals surface area contributed by atoms with E-state index in [0.29, 0.717) is 5.56 Å². The molecule has 0 fully saturated rings. The first-order chi connectivity index (χ1) is 13.0. The zero-order valence-electron chi connectivity index (χ0n) is 15.0. The van der Waals surface area contributed by atoms with E-state index in [9.17, 15) is 12.8 Å². The standard InChI is InChI=1S/C21H21FN2O2S/c1-17-8-10-20(11-9-17)27(25,26)24(16-18-5-4-13-23-15-18)14-12-19-6-2-3-7-21(19)22/h2-11,13,15H,12,14,16H2,1H3. The molecule has 0 bridgehead atoms. The highest BCUT2D eigenvalue weighted by Crippen LogP contribution is 2.20. The Morgan fingerprint density at radius 2 is 1.74 bits per heavy atom. The minimum Gasteiger partial charge on any atom is -0.264 e. The lowest BCUT2D eigenvalue weighted by atomic mass is 10.1. The second-order valence-corrected chi connectivity index (χ2v) is 8.29. The van der Waals surface area contributed by atoms with Crippen LogP contribution in [0, 0.1) is 12.7 Å². The molecule has 0 aliphatic rings. The fourth-order valence-electron chi connectivity index (χ4n) is 2.79. The predicted octanol–water partition coefficient (Wildman–Crippen LogP) is 3.96. The molecule has 0 unspecified atom stereocenters. The number of aromatic nitrogens is 1. The molecule has 6 heteroatoms. The van der Waals surface area contributed by atoms with Gasteiger partial charge in [-0.25, -0.2) is 12.8 Å². The summed E-state index contributed by atoms with van der Waals surface area (Å²) in [6, 6.07) is 16.8. The van der Waals surface area contributed by atoms with Crippen LogP contribution in [0.1, 0.15) is 16.7 Å². The van der Waals surface area contributed by atoms with Crippen LogP contribution in [-0.4, -0.2) is 24.3 Å². The minimum absolute atomic E-state index is 0.173. The first-order valence-corrected chi connectivity index (χ1v) is 10.1. The Balaban J connectivity index is 1.89. The fourth-order valence-corrected chi connectivity index (χ4v) is 4.21. The van der Waals surface area contributed by atoms with Gasteiger partial charge in [0.2, 0.25) is 10.0 Å². The summed E-state index contributed by atoms with van der Waals surface area (Å²) >= 11 is 0. The number of hydrogen-bond acceptors (Lipinski definition) is 3. The Labute approximate surface area is 159 Å². The van der Waals surface area contributed by atoms with Crippen molar-refractivity contribution in [2.24, 2.45) is 0 Å². The Hall–Kier alpha value is -2.57. The molecular weight excluding hydrogens is 363 g/mol. The molecule has 0 spiro atoms. The molecule has 4 nitrogen and oxygen atoms in total. The van der Waals surface area contributed by atoms with E-state index >= 15 is 0 Å². The Bertz CT molecular complexity index is 990. The van der Waals surface area contributed by atoms with Gasteiger partial charge in [0.15, 0.2) is 0 Å². The van der Waals surface area contributed by atoms with Crippen LogP contribution in [0.15, 0.2) is 78.0 Å².